The fourth-order valence-electron chi connectivity index (χ4n) is 5.11. The Morgan fingerprint density at radius 2 is 1.75 bits per heavy atom. The number of hydrogen-bond acceptors (Lipinski definition) is 8. The fraction of sp³-hybridized carbons (Fsp3) is 0.677. The van der Waals surface area contributed by atoms with Crippen molar-refractivity contribution in [2.24, 2.45) is 0 Å². The molecule has 1 N–H and O–H groups in total. The van der Waals surface area contributed by atoms with Crippen molar-refractivity contribution in [2.75, 3.05) is 19.7 Å². The minimum absolute atomic E-state index is 0.127. The van der Waals surface area contributed by atoms with E-state index in [1.54, 1.807) is 9.47 Å². The summed E-state index contributed by atoms with van der Waals surface area (Å²) in [5, 5.41) is 13.4. The largest absolute Gasteiger partial charge is 0.496 e. The molecule has 0 unspecified atom stereocenters. The molecule has 1 aromatic carbocycles. The lowest BCUT2D eigenvalue weighted by molar-refractivity contribution is 0.00578. The zero-order valence-electron chi connectivity index (χ0n) is 28.0. The van der Waals surface area contributed by atoms with Crippen LogP contribution in [0.4, 0.5) is 4.79 Å². The molecule has 0 radical (unpaired) electrons. The highest BCUT2D eigenvalue weighted by Gasteiger charge is 2.52. The fourth-order valence-corrected chi connectivity index (χ4v) is 5.87. The number of nitriles is 1. The summed E-state index contributed by atoms with van der Waals surface area (Å²) >= 11 is 0. The van der Waals surface area contributed by atoms with Gasteiger partial charge < -0.3 is 29.0 Å². The Hall–Kier alpha value is -2.92. The topological polar surface area (TPSA) is 128 Å². The molecule has 1 aromatic heterocycles. The van der Waals surface area contributed by atoms with Gasteiger partial charge in [-0.2, -0.15) is 5.26 Å². The number of ether oxygens (including phenoxy) is 2. The summed E-state index contributed by atoms with van der Waals surface area (Å²) in [4.78, 5) is 32.6. The van der Waals surface area contributed by atoms with Gasteiger partial charge in [-0.3, -0.25) is 9.36 Å². The van der Waals surface area contributed by atoms with Crippen LogP contribution in [-0.2, 0) is 25.5 Å². The molecule has 44 heavy (non-hydrogen) atoms. The van der Waals surface area contributed by atoms with E-state index < -0.39 is 32.0 Å². The number of imidazole rings is 1. The van der Waals surface area contributed by atoms with Crippen LogP contribution in [0.5, 0.6) is 0 Å². The molecule has 2 aliphatic heterocycles. The van der Waals surface area contributed by atoms with Crippen LogP contribution in [0.25, 0.3) is 11.0 Å². The Balaban J connectivity index is 1.59. The number of fused-ring (bicyclic) bond motifs is 1. The molecule has 0 saturated carbocycles. The van der Waals surface area contributed by atoms with Gasteiger partial charge in [-0.05, 0) is 73.4 Å². The average molecular weight is 626 g/mol. The van der Waals surface area contributed by atoms with E-state index in [2.05, 4.69) is 31.0 Å². The van der Waals surface area contributed by atoms with Gasteiger partial charge in [0.15, 0.2) is 0 Å². The van der Waals surface area contributed by atoms with Gasteiger partial charge in [0.05, 0.1) is 22.3 Å². The van der Waals surface area contributed by atoms with E-state index in [0.29, 0.717) is 54.6 Å². The van der Waals surface area contributed by atoms with Crippen molar-refractivity contribution in [3.05, 3.63) is 23.5 Å². The normalized spacial score (nSPS) is 18.8. The first-order valence-corrected chi connectivity index (χ1v) is 19.2. The molecule has 2 aliphatic rings. The number of carbonyl (C=O) groups excluding carboxylic acids is 2. The summed E-state index contributed by atoms with van der Waals surface area (Å²) in [6, 6.07) is 6.80. The molecule has 4 rings (SSSR count). The summed E-state index contributed by atoms with van der Waals surface area (Å²) in [6.07, 6.45) is 0.835. The molecule has 2 saturated heterocycles. The molecular weight excluding hydrogens is 577 g/mol. The van der Waals surface area contributed by atoms with Crippen LogP contribution in [0, 0.1) is 11.3 Å². The van der Waals surface area contributed by atoms with Crippen molar-refractivity contribution in [3.63, 3.8) is 0 Å². The number of aromatic nitrogens is 2. The molecule has 11 nitrogen and oxygen atoms in total. The SMILES string of the molecule is CC(C)(C)OC(=O)N1CCC(NC(=O)c2nc3c(C#N)c(B4OC(C)(C)C(C)(C)O4)ccc3n2COCC[Si](C)(C)C)CC1. The van der Waals surface area contributed by atoms with Crippen molar-refractivity contribution in [2.45, 2.75) is 117 Å². The van der Waals surface area contributed by atoms with Gasteiger partial charge in [-0.15, -0.1) is 0 Å². The van der Waals surface area contributed by atoms with Gasteiger partial charge in [0.2, 0.25) is 5.82 Å². The lowest BCUT2D eigenvalue weighted by Crippen LogP contribution is -2.48. The monoisotopic (exact) mass is 625 g/mol. The van der Waals surface area contributed by atoms with E-state index in [4.69, 9.17) is 23.8 Å². The predicted molar refractivity (Wildman–Crippen MR) is 173 cm³/mol. The number of nitrogens with zero attached hydrogens (tertiary/aromatic N) is 4. The van der Waals surface area contributed by atoms with E-state index in [1.165, 1.54) is 0 Å². The zero-order valence-corrected chi connectivity index (χ0v) is 29.0. The maximum atomic E-state index is 13.7. The molecule has 0 atom stereocenters. The molecular formula is C31H48BN5O6Si. The van der Waals surface area contributed by atoms with Gasteiger partial charge in [0.1, 0.15) is 23.9 Å². The van der Waals surface area contributed by atoms with Crippen LogP contribution in [0.3, 0.4) is 0 Å². The second kappa shape index (κ2) is 12.5. The van der Waals surface area contributed by atoms with E-state index >= 15 is 0 Å². The summed E-state index contributed by atoms with van der Waals surface area (Å²) < 4.78 is 25.8. The molecule has 2 aromatic rings. The number of amides is 2. The van der Waals surface area contributed by atoms with Crippen molar-refractivity contribution < 1.29 is 28.4 Å². The van der Waals surface area contributed by atoms with Crippen molar-refractivity contribution in [1.29, 1.82) is 5.26 Å². The van der Waals surface area contributed by atoms with Crippen LogP contribution in [0.2, 0.25) is 25.7 Å². The van der Waals surface area contributed by atoms with Gasteiger partial charge in [-0.25, -0.2) is 9.78 Å². The predicted octanol–water partition coefficient (Wildman–Crippen LogP) is 4.65. The van der Waals surface area contributed by atoms with Crippen molar-refractivity contribution >= 4 is 43.7 Å². The van der Waals surface area contributed by atoms with Gasteiger partial charge >= 0.3 is 13.2 Å². The number of nitrogens with one attached hydrogen (secondary N) is 1. The first-order valence-electron chi connectivity index (χ1n) is 15.5. The maximum Gasteiger partial charge on any atom is 0.496 e. The van der Waals surface area contributed by atoms with Gasteiger partial charge in [-0.1, -0.05) is 25.7 Å². The third-order valence-corrected chi connectivity index (χ3v) is 10.2. The Bertz CT molecular complexity index is 1410. The summed E-state index contributed by atoms with van der Waals surface area (Å²) in [7, 11) is -2.07. The summed E-state index contributed by atoms with van der Waals surface area (Å²) in [5.41, 5.74) is 0.187. The Morgan fingerprint density at radius 1 is 1.14 bits per heavy atom. The quantitative estimate of drug-likeness (QED) is 0.332. The average Bonchev–Trinajstić information content (AvgIpc) is 3.37. The lowest BCUT2D eigenvalue weighted by Gasteiger charge is -2.33. The third kappa shape index (κ3) is 7.65. The van der Waals surface area contributed by atoms with E-state index in [1.807, 2.05) is 60.6 Å². The van der Waals surface area contributed by atoms with E-state index in [0.717, 1.165) is 6.04 Å². The highest BCUT2D eigenvalue weighted by Crippen LogP contribution is 2.37. The van der Waals surface area contributed by atoms with Crippen LogP contribution in [0.1, 0.15) is 77.5 Å². The van der Waals surface area contributed by atoms with Crippen molar-refractivity contribution in [3.8, 4) is 6.07 Å². The Kier molecular flexibility index (Phi) is 9.62. The zero-order chi connectivity index (χ0) is 32.7. The molecule has 2 amide bonds. The molecule has 0 spiro atoms. The Labute approximate surface area is 262 Å². The number of hydrogen-bond donors (Lipinski definition) is 1. The number of rotatable bonds is 8. The number of piperidine rings is 1. The standard InChI is InChI=1S/C31H48BN5O6Si/c1-29(2,3)41-28(39)36-15-13-21(14-16-36)34-27(38)26-35-25-22(19-33)23(32-42-30(4,5)31(6,7)43-32)11-12-24(25)37(26)20-40-17-18-44(8,9)10/h11-12,21H,13-18,20H2,1-10H3,(H,34,38). The van der Waals surface area contributed by atoms with E-state index in [-0.39, 0.29) is 30.6 Å². The van der Waals surface area contributed by atoms with Crippen LogP contribution >= 0.6 is 0 Å². The highest BCUT2D eigenvalue weighted by atomic mass is 28.3. The van der Waals surface area contributed by atoms with Crippen molar-refractivity contribution in [1.82, 2.24) is 19.8 Å². The van der Waals surface area contributed by atoms with Gasteiger partial charge in [0, 0.05) is 39.3 Å². The second-order valence-corrected chi connectivity index (χ2v) is 20.6. The van der Waals surface area contributed by atoms with Gasteiger partial charge in [0.25, 0.3) is 5.91 Å². The number of benzene rings is 1. The molecule has 2 fully saturated rings. The first-order chi connectivity index (χ1) is 20.3. The lowest BCUT2D eigenvalue weighted by atomic mass is 9.76. The molecule has 3 heterocycles. The highest BCUT2D eigenvalue weighted by molar-refractivity contribution is 6.76. The van der Waals surface area contributed by atoms with Crippen LogP contribution in [0.15, 0.2) is 12.1 Å². The Morgan fingerprint density at radius 3 is 2.30 bits per heavy atom. The van der Waals surface area contributed by atoms with E-state index in [9.17, 15) is 14.9 Å². The minimum atomic E-state index is -1.32. The molecule has 0 aliphatic carbocycles. The molecule has 0 bridgehead atoms. The molecule has 13 heteroatoms. The summed E-state index contributed by atoms with van der Waals surface area (Å²) in [6.45, 7) is 21.9. The van der Waals surface area contributed by atoms with Crippen LogP contribution < -0.4 is 10.8 Å². The van der Waals surface area contributed by atoms with Crippen LogP contribution in [-0.4, -0.2) is 84.2 Å². The first kappa shape index (κ1) is 34.0. The third-order valence-electron chi connectivity index (χ3n) is 8.47. The second-order valence-electron chi connectivity index (χ2n) is 15.0. The minimum Gasteiger partial charge on any atom is -0.444 e. The number of carbonyl (C=O) groups is 2. The molecule has 240 valence electrons. The smallest absolute Gasteiger partial charge is 0.444 e. The number of likely N-dealkylation sites (tertiary alicyclic amines) is 1. The summed E-state index contributed by atoms with van der Waals surface area (Å²) in [5.74, 6) is -0.183. The maximum absolute atomic E-state index is 13.7.